The van der Waals surface area contributed by atoms with Crippen LogP contribution in [0.2, 0.25) is 0 Å². The monoisotopic (exact) mass is 530 g/mol. The molecule has 0 heterocycles. The average molecular weight is 531 g/mol. The number of hydrogen-bond acceptors (Lipinski definition) is 2. The summed E-state index contributed by atoms with van der Waals surface area (Å²) in [6.45, 7) is 2.81. The van der Waals surface area contributed by atoms with Gasteiger partial charge in [0.05, 0.1) is 6.61 Å². The fourth-order valence-electron chi connectivity index (χ4n) is 4.23. The fourth-order valence-corrected chi connectivity index (χ4v) is 4.23. The van der Waals surface area contributed by atoms with Crippen LogP contribution < -0.4 is 0 Å². The molecule has 3 aromatic carbocycles. The van der Waals surface area contributed by atoms with Gasteiger partial charge in [-0.25, -0.2) is 16.9 Å². The quantitative estimate of drug-likeness (QED) is 0.0751. The second-order valence-electron chi connectivity index (χ2n) is 9.45. The summed E-state index contributed by atoms with van der Waals surface area (Å²) < 4.78 is 5.43. The van der Waals surface area contributed by atoms with Gasteiger partial charge in [-0.3, -0.25) is 0 Å². The molecule has 0 atom stereocenters. The zero-order valence-electron chi connectivity index (χ0n) is 22.3. The molecular weight excluding hydrogens is 484 g/mol. The molecule has 0 aliphatic carbocycles. The molecule has 0 aromatic heterocycles. The van der Waals surface area contributed by atoms with Crippen molar-refractivity contribution in [3.8, 4) is 11.1 Å². The van der Waals surface area contributed by atoms with Crippen molar-refractivity contribution in [2.75, 3.05) is 6.61 Å². The summed E-state index contributed by atoms with van der Waals surface area (Å²) in [5, 5.41) is 0. The van der Waals surface area contributed by atoms with Gasteiger partial charge in [0, 0.05) is 5.56 Å². The van der Waals surface area contributed by atoms with E-state index in [0.29, 0.717) is 12.2 Å². The van der Waals surface area contributed by atoms with Crippen molar-refractivity contribution in [1.29, 1.82) is 0 Å². The molecule has 0 bridgehead atoms. The van der Waals surface area contributed by atoms with Gasteiger partial charge in [0.15, 0.2) is 0 Å². The maximum Gasteiger partial charge on any atom is 2.00 e. The van der Waals surface area contributed by atoms with Gasteiger partial charge in [0.1, 0.15) is 0 Å². The van der Waals surface area contributed by atoms with E-state index in [1.807, 2.05) is 66.7 Å². The van der Waals surface area contributed by atoms with E-state index in [0.717, 1.165) is 18.4 Å². The molecule has 3 heteroatoms. The number of carbonyl (C=O) groups is 1. The Morgan fingerprint density at radius 3 is 1.61 bits per heavy atom. The zero-order chi connectivity index (χ0) is 24.8. The van der Waals surface area contributed by atoms with Crippen LogP contribution in [0.5, 0.6) is 0 Å². The van der Waals surface area contributed by atoms with Crippen LogP contribution in [-0.4, -0.2) is 12.6 Å². The van der Waals surface area contributed by atoms with Gasteiger partial charge in [-0.2, -0.15) is 30.3 Å². The van der Waals surface area contributed by atoms with Crippen LogP contribution in [0, 0.1) is 0 Å². The van der Waals surface area contributed by atoms with Crippen LogP contribution in [0.25, 0.3) is 11.1 Å². The number of rotatable bonds is 17. The van der Waals surface area contributed by atoms with Crippen molar-refractivity contribution >= 4 is 5.97 Å². The van der Waals surface area contributed by atoms with Crippen molar-refractivity contribution < 1.29 is 26.6 Å². The molecule has 0 saturated heterocycles. The van der Waals surface area contributed by atoms with Gasteiger partial charge in [0.2, 0.25) is 0 Å². The first-order valence-corrected chi connectivity index (χ1v) is 14.0. The molecule has 0 saturated carbocycles. The van der Waals surface area contributed by atoms with Crippen LogP contribution >= 0.6 is 0 Å². The second kappa shape index (κ2) is 22.1. The number of unbranched alkanes of at least 4 members (excludes halogenated alkanes) is 13. The molecule has 0 aliphatic rings. The van der Waals surface area contributed by atoms with Crippen LogP contribution in [0.3, 0.4) is 0 Å². The Hall–Kier alpha value is -2.09. The Labute approximate surface area is 231 Å². The Balaban J connectivity index is 0.000000959. The molecule has 0 amide bonds. The van der Waals surface area contributed by atoms with Crippen LogP contribution in [0.4, 0.5) is 0 Å². The van der Waals surface area contributed by atoms with Gasteiger partial charge in [0.25, 0.3) is 0 Å². The molecule has 3 rings (SSSR count). The molecule has 0 radical (unpaired) electrons. The SMILES string of the molecule is CCCCCCCCCCCCCCCCOC(=O)c1ccc(-[c-]2cccc2)cc1.[Fe+2].c1cc[cH-]c1. The molecule has 0 spiro atoms. The predicted octanol–water partition coefficient (Wildman–Crippen LogP) is 10.1. The van der Waals surface area contributed by atoms with E-state index in [2.05, 4.69) is 19.1 Å². The van der Waals surface area contributed by atoms with E-state index in [1.54, 1.807) is 0 Å². The van der Waals surface area contributed by atoms with Gasteiger partial charge in [-0.15, -0.1) is 29.8 Å². The maximum absolute atomic E-state index is 12.2. The van der Waals surface area contributed by atoms with Crippen molar-refractivity contribution in [1.82, 2.24) is 0 Å². The van der Waals surface area contributed by atoms with Crippen molar-refractivity contribution in [3.05, 3.63) is 84.4 Å². The summed E-state index contributed by atoms with van der Waals surface area (Å²) >= 11 is 0. The van der Waals surface area contributed by atoms with E-state index in [4.69, 9.17) is 4.74 Å². The normalized spacial score (nSPS) is 10.2. The summed E-state index contributed by atoms with van der Waals surface area (Å²) in [6.07, 6.45) is 18.7. The van der Waals surface area contributed by atoms with E-state index >= 15 is 0 Å². The number of esters is 1. The van der Waals surface area contributed by atoms with Crippen molar-refractivity contribution in [2.45, 2.75) is 96.8 Å². The first kappa shape index (κ1) is 31.9. The Kier molecular flexibility index (Phi) is 19.6. The first-order valence-electron chi connectivity index (χ1n) is 14.0. The van der Waals surface area contributed by atoms with Crippen LogP contribution in [0.15, 0.2) is 78.9 Å². The Morgan fingerprint density at radius 1 is 0.694 bits per heavy atom. The molecule has 2 nitrogen and oxygen atoms in total. The third kappa shape index (κ3) is 15.1. The summed E-state index contributed by atoms with van der Waals surface area (Å²) in [5.74, 6) is -0.209. The Bertz CT molecular complexity index is 817. The van der Waals surface area contributed by atoms with E-state index in [-0.39, 0.29) is 23.0 Å². The molecular formula is C33H46FeO2. The largest absolute Gasteiger partial charge is 2.00 e. The molecule has 36 heavy (non-hydrogen) atoms. The standard InChI is InChI=1S/C28H41O2.C5H5.Fe/c1-2-3-4-5-6-7-8-9-10-11-12-13-14-17-24-30-28(29)27-22-20-26(21-23-27)25-18-15-16-19-25;1-2-4-5-3-1;/h15-16,18-23H,2-14,17,24H2,1H3;1-5H;/q2*-1;+2. The summed E-state index contributed by atoms with van der Waals surface area (Å²) in [4.78, 5) is 12.2. The number of carbonyl (C=O) groups excluding carboxylic acids is 1. The molecule has 0 N–H and O–H groups in total. The van der Waals surface area contributed by atoms with Gasteiger partial charge in [-0.1, -0.05) is 108 Å². The number of benzene rings is 1. The molecule has 0 aliphatic heterocycles. The molecule has 198 valence electrons. The summed E-state index contributed by atoms with van der Waals surface area (Å²) in [7, 11) is 0. The zero-order valence-corrected chi connectivity index (χ0v) is 23.4. The topological polar surface area (TPSA) is 26.3 Å². The number of hydrogen-bond donors (Lipinski definition) is 0. The van der Waals surface area contributed by atoms with Crippen molar-refractivity contribution in [3.63, 3.8) is 0 Å². The summed E-state index contributed by atoms with van der Waals surface area (Å²) in [5.41, 5.74) is 2.94. The molecule has 0 fully saturated rings. The number of ether oxygens (including phenoxy) is 1. The minimum atomic E-state index is -0.209. The van der Waals surface area contributed by atoms with Crippen molar-refractivity contribution in [2.24, 2.45) is 0 Å². The van der Waals surface area contributed by atoms with Gasteiger partial charge < -0.3 is 4.74 Å². The predicted molar refractivity (Wildman–Crippen MR) is 150 cm³/mol. The fraction of sp³-hybridized carbons (Fsp3) is 0.485. The Morgan fingerprint density at radius 2 is 1.17 bits per heavy atom. The third-order valence-electron chi connectivity index (χ3n) is 6.40. The minimum absolute atomic E-state index is 0. The van der Waals surface area contributed by atoms with E-state index < -0.39 is 0 Å². The molecule has 0 unspecified atom stereocenters. The third-order valence-corrected chi connectivity index (χ3v) is 6.40. The van der Waals surface area contributed by atoms with E-state index in [9.17, 15) is 4.79 Å². The van der Waals surface area contributed by atoms with Gasteiger partial charge >= 0.3 is 23.0 Å². The minimum Gasteiger partial charge on any atom is -0.462 e. The second-order valence-corrected chi connectivity index (χ2v) is 9.45. The van der Waals surface area contributed by atoms with Gasteiger partial charge in [-0.05, 0) is 6.42 Å². The van der Waals surface area contributed by atoms with Crippen LogP contribution in [-0.2, 0) is 21.8 Å². The maximum atomic E-state index is 12.2. The summed E-state index contributed by atoms with van der Waals surface area (Å²) in [6, 6.07) is 25.9. The van der Waals surface area contributed by atoms with Crippen LogP contribution in [0.1, 0.15) is 107 Å². The molecule has 3 aromatic rings. The average Bonchev–Trinajstić information content (AvgIpc) is 3.64. The van der Waals surface area contributed by atoms with E-state index in [1.165, 1.54) is 82.6 Å². The smallest absolute Gasteiger partial charge is 0.462 e. The first-order chi connectivity index (χ1) is 17.3.